The topological polar surface area (TPSA) is 69.7 Å². The summed E-state index contributed by atoms with van der Waals surface area (Å²) >= 11 is 0. The van der Waals surface area contributed by atoms with Gasteiger partial charge in [-0.1, -0.05) is 51.1 Å². The van der Waals surface area contributed by atoms with E-state index in [0.717, 1.165) is 0 Å². The van der Waals surface area contributed by atoms with E-state index in [4.69, 9.17) is 9.47 Å². The van der Waals surface area contributed by atoms with E-state index in [9.17, 15) is 14.4 Å². The Morgan fingerprint density at radius 3 is 1.91 bits per heavy atom. The van der Waals surface area contributed by atoms with Gasteiger partial charge in [0.05, 0.1) is 26.1 Å². The van der Waals surface area contributed by atoms with Crippen molar-refractivity contribution in [2.24, 2.45) is 17.3 Å². The van der Waals surface area contributed by atoms with Crippen molar-refractivity contribution in [1.29, 1.82) is 0 Å². The first kappa shape index (κ1) is 18.9. The number of carbonyl (C=O) groups is 3. The van der Waals surface area contributed by atoms with Crippen LogP contribution in [0, 0.1) is 17.3 Å². The molecular weight excluding hydrogens is 296 g/mol. The molecule has 5 nitrogen and oxygen atoms in total. The number of carbonyl (C=O) groups excluding carboxylic acids is 3. The fourth-order valence-electron chi connectivity index (χ4n) is 2.68. The molecule has 23 heavy (non-hydrogen) atoms. The first-order valence-electron chi connectivity index (χ1n) is 7.46. The molecule has 126 valence electrons. The van der Waals surface area contributed by atoms with Crippen molar-refractivity contribution < 1.29 is 23.9 Å². The summed E-state index contributed by atoms with van der Waals surface area (Å²) in [6.45, 7) is 5.49. The number of hydrogen-bond acceptors (Lipinski definition) is 5. The highest BCUT2D eigenvalue weighted by Crippen LogP contribution is 2.36. The highest BCUT2D eigenvalue weighted by molar-refractivity contribution is 5.99. The summed E-state index contributed by atoms with van der Waals surface area (Å²) in [5.74, 6) is -2.97. The van der Waals surface area contributed by atoms with Crippen LogP contribution in [0.4, 0.5) is 0 Å². The number of esters is 2. The molecule has 0 fully saturated rings. The molecule has 0 unspecified atom stereocenters. The van der Waals surface area contributed by atoms with E-state index >= 15 is 0 Å². The summed E-state index contributed by atoms with van der Waals surface area (Å²) in [6, 6.07) is 8.67. The van der Waals surface area contributed by atoms with E-state index in [-0.39, 0.29) is 12.2 Å². The van der Waals surface area contributed by atoms with E-state index in [1.165, 1.54) is 14.2 Å². The molecule has 0 aromatic heterocycles. The maximum atomic E-state index is 12.5. The highest BCUT2D eigenvalue weighted by Gasteiger charge is 2.44. The summed E-state index contributed by atoms with van der Waals surface area (Å²) in [5.41, 5.74) is -0.0537. The lowest BCUT2D eigenvalue weighted by Crippen LogP contribution is -2.41. The average Bonchev–Trinajstić information content (AvgIpc) is 2.52. The van der Waals surface area contributed by atoms with Crippen LogP contribution in [0.3, 0.4) is 0 Å². The van der Waals surface area contributed by atoms with Crippen molar-refractivity contribution in [3.05, 3.63) is 35.9 Å². The standard InChI is InChI=1S/C18H24O5/c1-18(2,3)15(17(21)23-5)13(16(20)22-4)11-14(19)12-9-7-6-8-10-12/h6-10,13,15H,11H2,1-5H3/t13-,15+/m1/s1. The fraction of sp³-hybridized carbons (Fsp3) is 0.500. The monoisotopic (exact) mass is 320 g/mol. The van der Waals surface area contributed by atoms with Gasteiger partial charge in [-0.25, -0.2) is 0 Å². The molecule has 0 saturated carbocycles. The Hall–Kier alpha value is -2.17. The second-order valence-electron chi connectivity index (χ2n) is 6.49. The molecule has 0 amide bonds. The second kappa shape index (κ2) is 7.90. The molecular formula is C18H24O5. The summed E-state index contributed by atoms with van der Waals surface area (Å²) in [4.78, 5) is 36.9. The minimum absolute atomic E-state index is 0.103. The van der Waals surface area contributed by atoms with Gasteiger partial charge < -0.3 is 9.47 Å². The summed E-state index contributed by atoms with van der Waals surface area (Å²) in [5, 5.41) is 0. The Bertz CT molecular complexity index is 557. The number of hydrogen-bond donors (Lipinski definition) is 0. The van der Waals surface area contributed by atoms with Gasteiger partial charge >= 0.3 is 11.9 Å². The predicted octanol–water partition coefficient (Wildman–Crippen LogP) is 2.88. The van der Waals surface area contributed by atoms with E-state index < -0.39 is 29.2 Å². The number of benzene rings is 1. The minimum atomic E-state index is -0.889. The minimum Gasteiger partial charge on any atom is -0.469 e. The lowest BCUT2D eigenvalue weighted by atomic mass is 9.71. The third-order valence-corrected chi connectivity index (χ3v) is 3.80. The van der Waals surface area contributed by atoms with E-state index in [1.807, 2.05) is 20.8 Å². The molecule has 0 aliphatic carbocycles. The van der Waals surface area contributed by atoms with Gasteiger partial charge in [0, 0.05) is 12.0 Å². The molecule has 1 rings (SSSR count). The predicted molar refractivity (Wildman–Crippen MR) is 85.9 cm³/mol. The van der Waals surface area contributed by atoms with Gasteiger partial charge in [0.2, 0.25) is 0 Å². The zero-order valence-electron chi connectivity index (χ0n) is 14.3. The first-order chi connectivity index (χ1) is 10.7. The Morgan fingerprint density at radius 1 is 0.957 bits per heavy atom. The van der Waals surface area contributed by atoms with Crippen LogP contribution in [0.15, 0.2) is 30.3 Å². The van der Waals surface area contributed by atoms with E-state index in [1.54, 1.807) is 30.3 Å². The molecule has 0 aliphatic rings. The molecule has 0 radical (unpaired) electrons. The zero-order valence-corrected chi connectivity index (χ0v) is 14.3. The number of methoxy groups -OCH3 is 2. The summed E-state index contributed by atoms with van der Waals surface area (Å²) < 4.78 is 9.66. The SMILES string of the molecule is COC(=O)[C@H]([C@@H](CC(=O)c1ccccc1)C(=O)OC)C(C)(C)C. The smallest absolute Gasteiger partial charge is 0.310 e. The van der Waals surface area contributed by atoms with Crippen molar-refractivity contribution in [3.63, 3.8) is 0 Å². The van der Waals surface area contributed by atoms with E-state index in [0.29, 0.717) is 5.56 Å². The van der Waals surface area contributed by atoms with Crippen molar-refractivity contribution in [2.45, 2.75) is 27.2 Å². The van der Waals surface area contributed by atoms with Crippen molar-refractivity contribution in [3.8, 4) is 0 Å². The molecule has 5 heteroatoms. The maximum Gasteiger partial charge on any atom is 0.310 e. The summed E-state index contributed by atoms with van der Waals surface area (Å²) in [7, 11) is 2.52. The van der Waals surface area contributed by atoms with Crippen LogP contribution >= 0.6 is 0 Å². The molecule has 0 bridgehead atoms. The van der Waals surface area contributed by atoms with Gasteiger partial charge in [0.25, 0.3) is 0 Å². The van der Waals surface area contributed by atoms with Gasteiger partial charge in [0.15, 0.2) is 5.78 Å². The van der Waals surface area contributed by atoms with Crippen LogP contribution in [0.2, 0.25) is 0 Å². The van der Waals surface area contributed by atoms with Crippen molar-refractivity contribution in [1.82, 2.24) is 0 Å². The Kier molecular flexibility index (Phi) is 6.49. The number of Topliss-reactive ketones (excluding diaryl/α,β-unsaturated/α-hetero) is 1. The van der Waals surface area contributed by atoms with Gasteiger partial charge in [-0.15, -0.1) is 0 Å². The van der Waals surface area contributed by atoms with Crippen LogP contribution in [-0.4, -0.2) is 31.9 Å². The van der Waals surface area contributed by atoms with Crippen LogP contribution in [0.1, 0.15) is 37.6 Å². The normalized spacial score (nSPS) is 13.8. The average molecular weight is 320 g/mol. The molecule has 1 aromatic carbocycles. The molecule has 0 heterocycles. The number of ketones is 1. The van der Waals surface area contributed by atoms with Gasteiger partial charge in [-0.3, -0.25) is 14.4 Å². The fourth-order valence-corrected chi connectivity index (χ4v) is 2.68. The van der Waals surface area contributed by atoms with Crippen LogP contribution in [0.5, 0.6) is 0 Å². The number of ether oxygens (including phenoxy) is 2. The lowest BCUT2D eigenvalue weighted by Gasteiger charge is -2.33. The zero-order chi connectivity index (χ0) is 17.6. The van der Waals surface area contributed by atoms with Crippen LogP contribution < -0.4 is 0 Å². The van der Waals surface area contributed by atoms with Crippen molar-refractivity contribution >= 4 is 17.7 Å². The quantitative estimate of drug-likeness (QED) is 0.595. The van der Waals surface area contributed by atoms with E-state index in [2.05, 4.69) is 0 Å². The Labute approximate surface area is 137 Å². The van der Waals surface area contributed by atoms with Gasteiger partial charge in [-0.2, -0.15) is 0 Å². The largest absolute Gasteiger partial charge is 0.469 e. The molecule has 0 saturated heterocycles. The summed E-state index contributed by atoms with van der Waals surface area (Å²) in [6.07, 6.45) is -0.103. The third kappa shape index (κ3) is 4.91. The Balaban J connectivity index is 3.15. The molecule has 0 N–H and O–H groups in total. The van der Waals surface area contributed by atoms with Crippen LogP contribution in [-0.2, 0) is 19.1 Å². The Morgan fingerprint density at radius 2 is 1.48 bits per heavy atom. The first-order valence-corrected chi connectivity index (χ1v) is 7.46. The van der Waals surface area contributed by atoms with Crippen molar-refractivity contribution in [2.75, 3.05) is 14.2 Å². The maximum absolute atomic E-state index is 12.5. The molecule has 0 aliphatic heterocycles. The highest BCUT2D eigenvalue weighted by atomic mass is 16.5. The van der Waals surface area contributed by atoms with Gasteiger partial charge in [-0.05, 0) is 5.41 Å². The second-order valence-corrected chi connectivity index (χ2v) is 6.49. The lowest BCUT2D eigenvalue weighted by molar-refractivity contribution is -0.162. The third-order valence-electron chi connectivity index (χ3n) is 3.80. The molecule has 2 atom stereocenters. The number of rotatable bonds is 6. The van der Waals surface area contributed by atoms with Gasteiger partial charge in [0.1, 0.15) is 0 Å². The molecule has 1 aromatic rings. The van der Waals surface area contributed by atoms with Crippen LogP contribution in [0.25, 0.3) is 0 Å². The molecule has 0 spiro atoms.